The van der Waals surface area contributed by atoms with E-state index < -0.39 is 5.91 Å². The van der Waals surface area contributed by atoms with E-state index in [0.717, 1.165) is 0 Å². The normalized spacial score (nSPS) is 10.9. The lowest BCUT2D eigenvalue weighted by molar-refractivity contribution is 0.0122. The number of likely N-dealkylation sites (N-methyl/N-ethyl adjacent to an activating group) is 1. The Morgan fingerprint density at radius 1 is 0.914 bits per heavy atom. The van der Waals surface area contributed by atoms with Gasteiger partial charge in [0.1, 0.15) is 5.69 Å². The van der Waals surface area contributed by atoms with Crippen molar-refractivity contribution in [2.45, 2.75) is 0 Å². The van der Waals surface area contributed by atoms with Crippen LogP contribution in [0.1, 0.15) is 31.2 Å². The quantitative estimate of drug-likeness (QED) is 0.246. The predicted octanol–water partition coefficient (Wildman–Crippen LogP) is 0.383. The maximum Gasteiger partial charge on any atom is 0.270 e. The molecule has 0 saturated carbocycles. The lowest BCUT2D eigenvalue weighted by atomic mass is 10.1. The van der Waals surface area contributed by atoms with Crippen molar-refractivity contribution in [1.82, 2.24) is 20.5 Å². The summed E-state index contributed by atoms with van der Waals surface area (Å²) in [5.74, 6) is -1.02. The number of nitrogens with two attached hydrogens (primary N) is 1. The fourth-order valence-corrected chi connectivity index (χ4v) is 3.33. The van der Waals surface area contributed by atoms with Gasteiger partial charge < -0.3 is 35.5 Å². The SMILES string of the molecule is CN(CCNC(=O)c1cccc(C(N)=O)c1)CCOCCOCCOCCNC(=O)c1cscn1. The Labute approximate surface area is 208 Å². The molecule has 12 heteroatoms. The van der Waals surface area contributed by atoms with Gasteiger partial charge in [0.25, 0.3) is 11.8 Å². The monoisotopic (exact) mass is 507 g/mol. The highest BCUT2D eigenvalue weighted by Crippen LogP contribution is 2.04. The number of aromatic nitrogens is 1. The van der Waals surface area contributed by atoms with Gasteiger partial charge in [0, 0.05) is 42.7 Å². The molecular formula is C23H33N5O6S. The first-order valence-electron chi connectivity index (χ1n) is 11.2. The van der Waals surface area contributed by atoms with Crippen LogP contribution in [0.15, 0.2) is 35.2 Å². The number of nitrogens with zero attached hydrogens (tertiary/aromatic N) is 2. The summed E-state index contributed by atoms with van der Waals surface area (Å²) in [6, 6.07) is 6.32. The van der Waals surface area contributed by atoms with Crippen LogP contribution in [0.25, 0.3) is 0 Å². The van der Waals surface area contributed by atoms with E-state index in [0.29, 0.717) is 82.6 Å². The molecule has 0 unspecified atom stereocenters. The number of hydrogen-bond donors (Lipinski definition) is 3. The first kappa shape index (κ1) is 28.3. The summed E-state index contributed by atoms with van der Waals surface area (Å²) in [6.07, 6.45) is 0. The van der Waals surface area contributed by atoms with Gasteiger partial charge in [-0.25, -0.2) is 4.98 Å². The Morgan fingerprint density at radius 2 is 1.57 bits per heavy atom. The van der Waals surface area contributed by atoms with Crippen LogP contribution in [-0.4, -0.2) is 100 Å². The summed E-state index contributed by atoms with van der Waals surface area (Å²) >= 11 is 1.38. The molecule has 35 heavy (non-hydrogen) atoms. The van der Waals surface area contributed by atoms with E-state index in [-0.39, 0.29) is 11.8 Å². The van der Waals surface area contributed by atoms with Gasteiger partial charge in [0.2, 0.25) is 5.91 Å². The van der Waals surface area contributed by atoms with Crippen LogP contribution in [0.4, 0.5) is 0 Å². The molecule has 0 aliphatic rings. The van der Waals surface area contributed by atoms with E-state index >= 15 is 0 Å². The topological polar surface area (TPSA) is 145 Å². The summed E-state index contributed by atoms with van der Waals surface area (Å²) in [5.41, 5.74) is 7.98. The van der Waals surface area contributed by atoms with E-state index in [9.17, 15) is 14.4 Å². The standard InChI is InChI=1S/C23H33N5O6S/c1-28(7-5-25-22(30)19-4-2-3-18(15-19)21(24)29)8-10-33-12-14-34-13-11-32-9-6-26-23(31)20-16-35-17-27-20/h2-4,15-17H,5-14H2,1H3,(H2,24,29)(H,25,30)(H,26,31). The van der Waals surface area contributed by atoms with Gasteiger partial charge in [-0.15, -0.1) is 11.3 Å². The molecule has 3 amide bonds. The summed E-state index contributed by atoms with van der Waals surface area (Å²) in [4.78, 5) is 41.1. The molecule has 1 heterocycles. The van der Waals surface area contributed by atoms with Crippen molar-refractivity contribution in [2.75, 3.05) is 72.9 Å². The van der Waals surface area contributed by atoms with Crippen molar-refractivity contribution in [1.29, 1.82) is 0 Å². The second-order valence-corrected chi connectivity index (χ2v) is 8.19. The summed E-state index contributed by atoms with van der Waals surface area (Å²) in [6.45, 7) is 5.03. The molecule has 2 rings (SSSR count). The van der Waals surface area contributed by atoms with Crippen molar-refractivity contribution in [3.05, 3.63) is 52.0 Å². The number of thiazole rings is 1. The van der Waals surface area contributed by atoms with Gasteiger partial charge in [-0.2, -0.15) is 0 Å². The van der Waals surface area contributed by atoms with Crippen LogP contribution in [0, 0.1) is 0 Å². The molecule has 0 aliphatic carbocycles. The zero-order valence-corrected chi connectivity index (χ0v) is 20.7. The lowest BCUT2D eigenvalue weighted by Gasteiger charge is -2.17. The first-order valence-corrected chi connectivity index (χ1v) is 12.2. The summed E-state index contributed by atoms with van der Waals surface area (Å²) in [7, 11) is 1.94. The van der Waals surface area contributed by atoms with Gasteiger partial charge in [-0.1, -0.05) is 6.07 Å². The molecule has 0 atom stereocenters. The first-order chi connectivity index (χ1) is 17.0. The van der Waals surface area contributed by atoms with Crippen molar-refractivity contribution in [3.63, 3.8) is 0 Å². The maximum atomic E-state index is 12.2. The van der Waals surface area contributed by atoms with Crippen molar-refractivity contribution in [3.8, 4) is 0 Å². The number of carbonyl (C=O) groups is 3. The third-order valence-corrected chi connectivity index (χ3v) is 5.33. The molecular weight excluding hydrogens is 474 g/mol. The summed E-state index contributed by atoms with van der Waals surface area (Å²) < 4.78 is 16.4. The smallest absolute Gasteiger partial charge is 0.270 e. The molecule has 0 spiro atoms. The van der Waals surface area contributed by atoms with Gasteiger partial charge in [-0.05, 0) is 25.2 Å². The molecule has 11 nitrogen and oxygen atoms in total. The van der Waals surface area contributed by atoms with Crippen LogP contribution in [-0.2, 0) is 14.2 Å². The Balaban J connectivity index is 1.38. The average Bonchev–Trinajstić information content (AvgIpc) is 3.40. The van der Waals surface area contributed by atoms with E-state index in [4.69, 9.17) is 19.9 Å². The maximum absolute atomic E-state index is 12.2. The Morgan fingerprint density at radius 3 is 2.26 bits per heavy atom. The number of carbonyl (C=O) groups excluding carboxylic acids is 3. The van der Waals surface area contributed by atoms with Gasteiger partial charge in [0.15, 0.2) is 0 Å². The molecule has 1 aromatic heterocycles. The number of nitrogens with one attached hydrogen (secondary N) is 2. The Bertz CT molecular complexity index is 912. The van der Waals surface area contributed by atoms with Crippen LogP contribution in [0.3, 0.4) is 0 Å². The van der Waals surface area contributed by atoms with Crippen LogP contribution >= 0.6 is 11.3 Å². The van der Waals surface area contributed by atoms with E-state index in [1.54, 1.807) is 29.1 Å². The summed E-state index contributed by atoms with van der Waals surface area (Å²) in [5, 5.41) is 7.25. The number of ether oxygens (including phenoxy) is 3. The lowest BCUT2D eigenvalue weighted by Crippen LogP contribution is -2.34. The second-order valence-electron chi connectivity index (χ2n) is 7.47. The van der Waals surface area contributed by atoms with Gasteiger partial charge in [0.05, 0.1) is 45.2 Å². The van der Waals surface area contributed by atoms with Crippen LogP contribution in [0.2, 0.25) is 0 Å². The van der Waals surface area contributed by atoms with Crippen molar-refractivity contribution < 1.29 is 28.6 Å². The highest BCUT2D eigenvalue weighted by molar-refractivity contribution is 7.07. The van der Waals surface area contributed by atoms with Crippen molar-refractivity contribution >= 4 is 29.1 Å². The molecule has 0 aliphatic heterocycles. The number of amides is 3. The van der Waals surface area contributed by atoms with E-state index in [1.165, 1.54) is 17.4 Å². The zero-order chi connectivity index (χ0) is 25.3. The minimum atomic E-state index is -0.566. The zero-order valence-electron chi connectivity index (χ0n) is 19.9. The fraction of sp³-hybridized carbons (Fsp3) is 0.478. The number of hydrogen-bond acceptors (Lipinski definition) is 9. The van der Waals surface area contributed by atoms with Crippen LogP contribution in [0.5, 0.6) is 0 Å². The molecule has 0 saturated heterocycles. The Hall–Kier alpha value is -2.90. The molecule has 0 bridgehead atoms. The van der Waals surface area contributed by atoms with Gasteiger partial charge >= 0.3 is 0 Å². The number of rotatable bonds is 18. The minimum absolute atomic E-state index is 0.203. The van der Waals surface area contributed by atoms with E-state index in [1.807, 2.05) is 11.9 Å². The van der Waals surface area contributed by atoms with E-state index in [2.05, 4.69) is 15.6 Å². The Kier molecular flexibility index (Phi) is 13.5. The highest BCUT2D eigenvalue weighted by Gasteiger charge is 2.09. The van der Waals surface area contributed by atoms with Gasteiger partial charge in [-0.3, -0.25) is 14.4 Å². The molecule has 2 aromatic rings. The molecule has 0 radical (unpaired) electrons. The van der Waals surface area contributed by atoms with Crippen molar-refractivity contribution in [2.24, 2.45) is 5.73 Å². The minimum Gasteiger partial charge on any atom is -0.378 e. The predicted molar refractivity (Wildman–Crippen MR) is 132 cm³/mol. The highest BCUT2D eigenvalue weighted by atomic mass is 32.1. The second kappa shape index (κ2) is 16.7. The molecule has 192 valence electrons. The third-order valence-electron chi connectivity index (χ3n) is 4.75. The largest absolute Gasteiger partial charge is 0.378 e. The van der Waals surface area contributed by atoms with Crippen LogP contribution < -0.4 is 16.4 Å². The molecule has 4 N–H and O–H groups in total. The molecule has 1 aromatic carbocycles. The average molecular weight is 508 g/mol. The molecule has 0 fully saturated rings. The number of primary amides is 1. The third kappa shape index (κ3) is 11.9. The fourth-order valence-electron chi connectivity index (χ4n) is 2.80. The number of benzene rings is 1.